The fraction of sp³-hybridized carbons (Fsp3) is 0.250. The van der Waals surface area contributed by atoms with E-state index in [1.54, 1.807) is 0 Å². The molecule has 0 spiro atoms. The zero-order valence-corrected chi connectivity index (χ0v) is 10.9. The van der Waals surface area contributed by atoms with Gasteiger partial charge >= 0.3 is 11.9 Å². The third-order valence-corrected chi connectivity index (χ3v) is 2.76. The number of nitrogens with one attached hydrogen (secondary N) is 1. The number of carboxylic acid groups (broad SMARTS) is 2. The summed E-state index contributed by atoms with van der Waals surface area (Å²) in [6, 6.07) is 2.16. The highest BCUT2D eigenvalue weighted by atomic mass is 35.5. The van der Waals surface area contributed by atoms with Gasteiger partial charge in [-0.05, 0) is 18.6 Å². The van der Waals surface area contributed by atoms with Gasteiger partial charge in [0.1, 0.15) is 11.9 Å². The number of carbonyl (C=O) groups excluding carboxylic acids is 1. The highest BCUT2D eigenvalue weighted by Gasteiger charge is 2.24. The molecule has 0 saturated carbocycles. The number of hydrogen-bond donors (Lipinski definition) is 3. The van der Waals surface area contributed by atoms with Crippen molar-refractivity contribution in [2.24, 2.45) is 0 Å². The van der Waals surface area contributed by atoms with Gasteiger partial charge in [0.2, 0.25) is 0 Å². The summed E-state index contributed by atoms with van der Waals surface area (Å²) in [7, 11) is 0. The second kappa shape index (κ2) is 6.85. The molecule has 108 valence electrons. The Balaban J connectivity index is 2.86. The quantitative estimate of drug-likeness (QED) is 0.739. The highest BCUT2D eigenvalue weighted by Crippen LogP contribution is 2.19. The Kier molecular flexibility index (Phi) is 5.45. The van der Waals surface area contributed by atoms with Gasteiger partial charge in [0, 0.05) is 6.42 Å². The summed E-state index contributed by atoms with van der Waals surface area (Å²) in [4.78, 5) is 33.1. The van der Waals surface area contributed by atoms with Crippen molar-refractivity contribution >= 4 is 29.4 Å². The second-order valence-electron chi connectivity index (χ2n) is 3.89. The lowest BCUT2D eigenvalue weighted by molar-refractivity contribution is -0.140. The zero-order valence-electron chi connectivity index (χ0n) is 10.1. The van der Waals surface area contributed by atoms with Crippen molar-refractivity contribution in [3.05, 3.63) is 34.6 Å². The Morgan fingerprint density at radius 1 is 1.30 bits per heavy atom. The largest absolute Gasteiger partial charge is 0.481 e. The summed E-state index contributed by atoms with van der Waals surface area (Å²) in [5.74, 6) is -4.51. The fourth-order valence-corrected chi connectivity index (χ4v) is 1.72. The molecule has 8 heteroatoms. The van der Waals surface area contributed by atoms with Gasteiger partial charge in [0.15, 0.2) is 0 Å². The average molecular weight is 304 g/mol. The smallest absolute Gasteiger partial charge is 0.326 e. The number of rotatable bonds is 6. The molecule has 1 rings (SSSR count). The van der Waals surface area contributed by atoms with Crippen LogP contribution in [0.1, 0.15) is 23.2 Å². The van der Waals surface area contributed by atoms with Crippen LogP contribution in [0, 0.1) is 5.82 Å². The number of aliphatic carboxylic acids is 2. The van der Waals surface area contributed by atoms with Gasteiger partial charge in [-0.25, -0.2) is 9.18 Å². The summed E-state index contributed by atoms with van der Waals surface area (Å²) in [5.41, 5.74) is -0.476. The molecular weight excluding hydrogens is 293 g/mol. The minimum Gasteiger partial charge on any atom is -0.481 e. The standard InChI is InChI=1S/C12H11ClFNO5/c13-6-2-1-3-7(14)10(6)11(18)15-8(12(19)20)4-5-9(16)17/h1-3,8H,4-5H2,(H,15,18)(H,16,17)(H,19,20)/t8-/m0/s1. The molecule has 0 aromatic heterocycles. The maximum Gasteiger partial charge on any atom is 0.326 e. The van der Waals surface area contributed by atoms with Gasteiger partial charge in [-0.1, -0.05) is 17.7 Å². The van der Waals surface area contributed by atoms with Crippen LogP contribution in [0.15, 0.2) is 18.2 Å². The van der Waals surface area contributed by atoms with Crippen LogP contribution in [0.3, 0.4) is 0 Å². The lowest BCUT2D eigenvalue weighted by atomic mass is 10.1. The number of hydrogen-bond acceptors (Lipinski definition) is 3. The first-order chi connectivity index (χ1) is 9.32. The van der Waals surface area contributed by atoms with E-state index in [9.17, 15) is 18.8 Å². The molecule has 0 radical (unpaired) electrons. The van der Waals surface area contributed by atoms with E-state index in [0.717, 1.165) is 6.07 Å². The van der Waals surface area contributed by atoms with E-state index < -0.39 is 41.7 Å². The highest BCUT2D eigenvalue weighted by molar-refractivity contribution is 6.33. The predicted molar refractivity (Wildman–Crippen MR) is 67.2 cm³/mol. The SMILES string of the molecule is O=C(O)CC[C@H](NC(=O)c1c(F)cccc1Cl)C(=O)O. The van der Waals surface area contributed by atoms with Crippen LogP contribution in [0.25, 0.3) is 0 Å². The minimum absolute atomic E-state index is 0.162. The second-order valence-corrected chi connectivity index (χ2v) is 4.30. The summed E-state index contributed by atoms with van der Waals surface area (Å²) in [5, 5.41) is 19.3. The predicted octanol–water partition coefficient (Wildman–Crippen LogP) is 1.53. The van der Waals surface area contributed by atoms with Gasteiger partial charge in [0.25, 0.3) is 5.91 Å². The van der Waals surface area contributed by atoms with E-state index in [0.29, 0.717) is 0 Å². The molecule has 20 heavy (non-hydrogen) atoms. The van der Waals surface area contributed by atoms with Crippen LogP contribution >= 0.6 is 11.6 Å². The van der Waals surface area contributed by atoms with Gasteiger partial charge in [0.05, 0.1) is 10.6 Å². The molecule has 0 unspecified atom stereocenters. The Labute approximate surface area is 118 Å². The molecule has 0 fully saturated rings. The van der Waals surface area contributed by atoms with Gasteiger partial charge < -0.3 is 15.5 Å². The van der Waals surface area contributed by atoms with Crippen molar-refractivity contribution in [1.29, 1.82) is 0 Å². The van der Waals surface area contributed by atoms with E-state index >= 15 is 0 Å². The summed E-state index contributed by atoms with van der Waals surface area (Å²) in [6.07, 6.45) is -0.759. The molecule has 0 aliphatic rings. The fourth-order valence-electron chi connectivity index (χ4n) is 1.47. The normalized spacial score (nSPS) is 11.7. The number of benzene rings is 1. The molecule has 3 N–H and O–H groups in total. The van der Waals surface area contributed by atoms with Crippen LogP contribution < -0.4 is 5.32 Å². The Bertz CT molecular complexity index is 528. The molecule has 0 aliphatic carbocycles. The maximum absolute atomic E-state index is 13.5. The lowest BCUT2D eigenvalue weighted by Crippen LogP contribution is -2.41. The Morgan fingerprint density at radius 2 is 1.95 bits per heavy atom. The molecule has 0 bridgehead atoms. The number of amides is 1. The molecule has 1 aromatic carbocycles. The molecule has 0 saturated heterocycles. The van der Waals surface area contributed by atoms with E-state index in [1.165, 1.54) is 12.1 Å². The van der Waals surface area contributed by atoms with Crippen LogP contribution in [-0.2, 0) is 9.59 Å². The van der Waals surface area contributed by atoms with Crippen LogP contribution in [0.4, 0.5) is 4.39 Å². The van der Waals surface area contributed by atoms with Crippen molar-refractivity contribution in [2.45, 2.75) is 18.9 Å². The van der Waals surface area contributed by atoms with Gasteiger partial charge in [-0.3, -0.25) is 9.59 Å². The molecule has 1 aromatic rings. The Morgan fingerprint density at radius 3 is 2.45 bits per heavy atom. The molecule has 0 heterocycles. The number of carboxylic acids is 2. The Hall–Kier alpha value is -2.15. The van der Waals surface area contributed by atoms with Crippen LogP contribution in [0.2, 0.25) is 5.02 Å². The van der Waals surface area contributed by atoms with Gasteiger partial charge in [-0.15, -0.1) is 0 Å². The van der Waals surface area contributed by atoms with Crippen molar-refractivity contribution in [1.82, 2.24) is 5.32 Å². The van der Waals surface area contributed by atoms with E-state index in [1.807, 2.05) is 5.32 Å². The third-order valence-electron chi connectivity index (χ3n) is 2.44. The van der Waals surface area contributed by atoms with Gasteiger partial charge in [-0.2, -0.15) is 0 Å². The first kappa shape index (κ1) is 15.9. The van der Waals surface area contributed by atoms with Crippen molar-refractivity contribution in [2.75, 3.05) is 0 Å². The van der Waals surface area contributed by atoms with Crippen molar-refractivity contribution in [3.63, 3.8) is 0 Å². The van der Waals surface area contributed by atoms with E-state index in [-0.39, 0.29) is 11.4 Å². The number of carbonyl (C=O) groups is 3. The minimum atomic E-state index is -1.44. The summed E-state index contributed by atoms with van der Waals surface area (Å²) < 4.78 is 13.5. The topological polar surface area (TPSA) is 104 Å². The zero-order chi connectivity index (χ0) is 15.3. The molecular formula is C12H11ClFNO5. The third kappa shape index (κ3) is 4.20. The molecule has 1 atom stereocenters. The molecule has 0 aliphatic heterocycles. The average Bonchev–Trinajstić information content (AvgIpc) is 2.33. The molecule has 1 amide bonds. The van der Waals surface area contributed by atoms with Crippen LogP contribution in [0.5, 0.6) is 0 Å². The van der Waals surface area contributed by atoms with E-state index in [2.05, 4.69) is 0 Å². The van der Waals surface area contributed by atoms with Crippen molar-refractivity contribution < 1.29 is 29.0 Å². The summed E-state index contributed by atoms with van der Waals surface area (Å²) >= 11 is 5.67. The van der Waals surface area contributed by atoms with E-state index in [4.69, 9.17) is 21.8 Å². The molecule has 6 nitrogen and oxygen atoms in total. The first-order valence-corrected chi connectivity index (χ1v) is 5.90. The maximum atomic E-state index is 13.5. The monoisotopic (exact) mass is 303 g/mol. The van der Waals surface area contributed by atoms with Crippen molar-refractivity contribution in [3.8, 4) is 0 Å². The van der Waals surface area contributed by atoms with Crippen LogP contribution in [-0.4, -0.2) is 34.1 Å². The first-order valence-electron chi connectivity index (χ1n) is 5.52. The lowest BCUT2D eigenvalue weighted by Gasteiger charge is -2.14. The number of halogens is 2. The summed E-state index contributed by atoms with van der Waals surface area (Å²) in [6.45, 7) is 0.